The molecule has 2 rings (SSSR count). The molecule has 94 valence electrons. The molecule has 0 N–H and O–H groups in total. The highest BCUT2D eigenvalue weighted by molar-refractivity contribution is 5.79. The predicted molar refractivity (Wildman–Crippen MR) is 68.5 cm³/mol. The smallest absolute Gasteiger partial charge is 0.344 e. The van der Waals surface area contributed by atoms with Gasteiger partial charge in [-0.1, -0.05) is 6.07 Å². The van der Waals surface area contributed by atoms with Gasteiger partial charge in [0, 0.05) is 17.6 Å². The summed E-state index contributed by atoms with van der Waals surface area (Å²) in [5.74, 6) is 0.244. The molecule has 18 heavy (non-hydrogen) atoms. The van der Waals surface area contributed by atoms with Crippen molar-refractivity contribution in [3.05, 3.63) is 36.5 Å². The predicted octanol–water partition coefficient (Wildman–Crippen LogP) is 2.57. The molecule has 0 amide bonds. The zero-order valence-corrected chi connectivity index (χ0v) is 10.4. The van der Waals surface area contributed by atoms with Crippen LogP contribution in [-0.4, -0.2) is 23.7 Å². The summed E-state index contributed by atoms with van der Waals surface area (Å²) >= 11 is 0. The SMILES string of the molecule is CC(C)OC(=O)COc1ccc2cccnc2c1. The first-order chi connectivity index (χ1) is 8.65. The average Bonchev–Trinajstić information content (AvgIpc) is 2.35. The molecule has 0 aliphatic heterocycles. The lowest BCUT2D eigenvalue weighted by Crippen LogP contribution is -2.18. The molecule has 0 unspecified atom stereocenters. The molecule has 4 heteroatoms. The second kappa shape index (κ2) is 5.49. The molecule has 0 fully saturated rings. The van der Waals surface area contributed by atoms with Crippen molar-refractivity contribution in [1.82, 2.24) is 4.98 Å². The van der Waals surface area contributed by atoms with E-state index in [4.69, 9.17) is 9.47 Å². The zero-order valence-electron chi connectivity index (χ0n) is 10.4. The Labute approximate surface area is 106 Å². The van der Waals surface area contributed by atoms with Crippen LogP contribution in [0.4, 0.5) is 0 Å². The lowest BCUT2D eigenvalue weighted by Gasteiger charge is -2.09. The number of rotatable bonds is 4. The number of pyridine rings is 1. The molecule has 0 bridgehead atoms. The number of hydrogen-bond donors (Lipinski definition) is 0. The van der Waals surface area contributed by atoms with Crippen molar-refractivity contribution in [3.63, 3.8) is 0 Å². The van der Waals surface area contributed by atoms with Crippen LogP contribution in [0.5, 0.6) is 5.75 Å². The second-order valence-electron chi connectivity index (χ2n) is 4.19. The van der Waals surface area contributed by atoms with Gasteiger partial charge < -0.3 is 9.47 Å². The Kier molecular flexibility index (Phi) is 3.77. The Morgan fingerprint density at radius 3 is 2.94 bits per heavy atom. The third-order valence-corrected chi connectivity index (χ3v) is 2.30. The van der Waals surface area contributed by atoms with Crippen LogP contribution < -0.4 is 4.74 Å². The normalized spacial score (nSPS) is 10.6. The number of nitrogens with zero attached hydrogens (tertiary/aromatic N) is 1. The van der Waals surface area contributed by atoms with Crippen LogP contribution in [0.2, 0.25) is 0 Å². The topological polar surface area (TPSA) is 48.4 Å². The number of carbonyl (C=O) groups is 1. The van der Waals surface area contributed by atoms with Gasteiger partial charge in [0.25, 0.3) is 0 Å². The highest BCUT2D eigenvalue weighted by Gasteiger charge is 2.06. The first-order valence-corrected chi connectivity index (χ1v) is 5.82. The van der Waals surface area contributed by atoms with E-state index in [2.05, 4.69) is 4.98 Å². The fourth-order valence-electron chi connectivity index (χ4n) is 1.58. The minimum atomic E-state index is -0.369. The van der Waals surface area contributed by atoms with E-state index in [1.54, 1.807) is 26.1 Å². The molecule has 1 heterocycles. The van der Waals surface area contributed by atoms with E-state index in [0.29, 0.717) is 5.75 Å². The second-order valence-corrected chi connectivity index (χ2v) is 4.19. The van der Waals surface area contributed by atoms with E-state index in [-0.39, 0.29) is 18.7 Å². The number of benzene rings is 1. The van der Waals surface area contributed by atoms with Crippen LogP contribution in [-0.2, 0) is 9.53 Å². The van der Waals surface area contributed by atoms with Gasteiger partial charge in [0.2, 0.25) is 0 Å². The van der Waals surface area contributed by atoms with E-state index < -0.39 is 0 Å². The molecule has 0 aliphatic rings. The summed E-state index contributed by atoms with van der Waals surface area (Å²) in [6, 6.07) is 9.37. The monoisotopic (exact) mass is 245 g/mol. The third kappa shape index (κ3) is 3.20. The Balaban J connectivity index is 2.01. The van der Waals surface area contributed by atoms with Gasteiger partial charge in [-0.25, -0.2) is 4.79 Å². The molecule has 4 nitrogen and oxygen atoms in total. The fraction of sp³-hybridized carbons (Fsp3) is 0.286. The van der Waals surface area contributed by atoms with Gasteiger partial charge in [-0.15, -0.1) is 0 Å². The van der Waals surface area contributed by atoms with E-state index in [0.717, 1.165) is 10.9 Å². The first kappa shape index (κ1) is 12.4. The van der Waals surface area contributed by atoms with E-state index in [1.807, 2.05) is 24.3 Å². The summed E-state index contributed by atoms with van der Waals surface area (Å²) in [4.78, 5) is 15.5. The van der Waals surface area contributed by atoms with Crippen molar-refractivity contribution in [1.29, 1.82) is 0 Å². The van der Waals surface area contributed by atoms with Gasteiger partial charge in [-0.3, -0.25) is 4.98 Å². The van der Waals surface area contributed by atoms with Crippen LogP contribution in [0.25, 0.3) is 10.9 Å². The molecule has 1 aromatic heterocycles. The van der Waals surface area contributed by atoms with E-state index >= 15 is 0 Å². The number of aromatic nitrogens is 1. The maximum absolute atomic E-state index is 11.3. The Morgan fingerprint density at radius 1 is 1.33 bits per heavy atom. The van der Waals surface area contributed by atoms with Crippen LogP contribution in [0.1, 0.15) is 13.8 Å². The van der Waals surface area contributed by atoms with Gasteiger partial charge in [-0.05, 0) is 32.0 Å². The summed E-state index contributed by atoms with van der Waals surface area (Å²) in [6.07, 6.45) is 1.60. The summed E-state index contributed by atoms with van der Waals surface area (Å²) in [7, 11) is 0. The Bertz CT molecular complexity index is 551. The molecular weight excluding hydrogens is 230 g/mol. The van der Waals surface area contributed by atoms with Crippen molar-refractivity contribution in [2.45, 2.75) is 20.0 Å². The number of carbonyl (C=O) groups excluding carboxylic acids is 1. The van der Waals surface area contributed by atoms with Gasteiger partial charge in [0.15, 0.2) is 6.61 Å². The highest BCUT2D eigenvalue weighted by atomic mass is 16.6. The van der Waals surface area contributed by atoms with Crippen LogP contribution in [0.15, 0.2) is 36.5 Å². The number of esters is 1. The van der Waals surface area contributed by atoms with E-state index in [9.17, 15) is 4.79 Å². The molecular formula is C14H15NO3. The maximum Gasteiger partial charge on any atom is 0.344 e. The summed E-state index contributed by atoms with van der Waals surface area (Å²) in [5.41, 5.74) is 0.840. The lowest BCUT2D eigenvalue weighted by molar-refractivity contribution is -0.149. The molecule has 1 aromatic carbocycles. The zero-order chi connectivity index (χ0) is 13.0. The van der Waals surface area contributed by atoms with Crippen molar-refractivity contribution in [2.75, 3.05) is 6.61 Å². The summed E-state index contributed by atoms with van der Waals surface area (Å²) < 4.78 is 10.3. The van der Waals surface area contributed by atoms with Crippen LogP contribution in [0, 0.1) is 0 Å². The molecule has 2 aromatic rings. The Hall–Kier alpha value is -2.10. The minimum Gasteiger partial charge on any atom is -0.482 e. The number of fused-ring (bicyclic) bond motifs is 1. The van der Waals surface area contributed by atoms with Gasteiger partial charge in [0.1, 0.15) is 5.75 Å². The largest absolute Gasteiger partial charge is 0.482 e. The molecule has 0 radical (unpaired) electrons. The number of hydrogen-bond acceptors (Lipinski definition) is 4. The summed E-state index contributed by atoms with van der Waals surface area (Å²) in [6.45, 7) is 3.52. The molecule has 0 atom stereocenters. The minimum absolute atomic E-state index is 0.0868. The fourth-order valence-corrected chi connectivity index (χ4v) is 1.58. The molecule has 0 saturated heterocycles. The Morgan fingerprint density at radius 2 is 2.17 bits per heavy atom. The molecule has 0 aliphatic carbocycles. The van der Waals surface area contributed by atoms with Gasteiger partial charge in [-0.2, -0.15) is 0 Å². The molecule has 0 saturated carbocycles. The third-order valence-electron chi connectivity index (χ3n) is 2.30. The van der Waals surface area contributed by atoms with E-state index in [1.165, 1.54) is 0 Å². The first-order valence-electron chi connectivity index (χ1n) is 5.82. The highest BCUT2D eigenvalue weighted by Crippen LogP contribution is 2.18. The van der Waals surface area contributed by atoms with Gasteiger partial charge >= 0.3 is 5.97 Å². The lowest BCUT2D eigenvalue weighted by atomic mass is 10.2. The van der Waals surface area contributed by atoms with Gasteiger partial charge in [0.05, 0.1) is 11.6 Å². The number of ether oxygens (including phenoxy) is 2. The van der Waals surface area contributed by atoms with Crippen molar-refractivity contribution < 1.29 is 14.3 Å². The maximum atomic E-state index is 11.3. The summed E-state index contributed by atoms with van der Waals surface area (Å²) in [5, 5.41) is 1.04. The average molecular weight is 245 g/mol. The quantitative estimate of drug-likeness (QED) is 0.777. The van der Waals surface area contributed by atoms with Crippen molar-refractivity contribution in [2.24, 2.45) is 0 Å². The van der Waals surface area contributed by atoms with Crippen molar-refractivity contribution >= 4 is 16.9 Å². The van der Waals surface area contributed by atoms with Crippen LogP contribution in [0.3, 0.4) is 0 Å². The van der Waals surface area contributed by atoms with Crippen molar-refractivity contribution in [3.8, 4) is 5.75 Å². The van der Waals surface area contributed by atoms with Crippen LogP contribution >= 0.6 is 0 Å². The molecule has 0 spiro atoms. The standard InChI is InChI=1S/C14H15NO3/c1-10(2)18-14(16)9-17-12-6-5-11-4-3-7-15-13(11)8-12/h3-8,10H,9H2,1-2H3.